The van der Waals surface area contributed by atoms with E-state index in [9.17, 15) is 44.6 Å². The molecule has 6 unspecified atom stereocenters. The molecule has 0 saturated heterocycles. The van der Waals surface area contributed by atoms with E-state index in [2.05, 4.69) is 62.5 Å². The predicted octanol–water partition coefficient (Wildman–Crippen LogP) is 9.95. The zero-order valence-corrected chi connectivity index (χ0v) is 39.8. The number of carbonyl (C=O) groups is 2. The maximum atomic E-state index is 12.8. The lowest BCUT2D eigenvalue weighted by atomic mass is 9.85. The SMILES string of the molecule is CC/C=C/C/C=C/C/C=C/CCCCCCCC(=O)O[C@@H](COC(=O)CCCCCCCCCCC/C=C/CCCCCCCC)COP(=O)(O)OC1C(O)C(O)C(O)[C@H](O)C1O. The zero-order chi connectivity index (χ0) is 46.4. The number of aliphatic hydroxyl groups is 5. The molecule has 0 bridgehead atoms. The lowest BCUT2D eigenvalue weighted by Crippen LogP contribution is -2.64. The van der Waals surface area contributed by atoms with Crippen LogP contribution in [0.4, 0.5) is 0 Å². The fourth-order valence-corrected chi connectivity index (χ4v) is 8.21. The van der Waals surface area contributed by atoms with Crippen LogP contribution in [0.1, 0.15) is 194 Å². The normalized spacial score (nSPS) is 22.1. The molecule has 0 aromatic heterocycles. The second kappa shape index (κ2) is 39.0. The van der Waals surface area contributed by atoms with Crippen LogP contribution in [0.5, 0.6) is 0 Å². The summed E-state index contributed by atoms with van der Waals surface area (Å²) in [4.78, 5) is 35.8. The molecule has 1 rings (SSSR count). The van der Waals surface area contributed by atoms with E-state index in [1.165, 1.54) is 77.0 Å². The smallest absolute Gasteiger partial charge is 0.462 e. The van der Waals surface area contributed by atoms with Crippen LogP contribution >= 0.6 is 7.82 Å². The van der Waals surface area contributed by atoms with E-state index in [0.717, 1.165) is 77.0 Å². The van der Waals surface area contributed by atoms with Crippen LogP contribution in [-0.2, 0) is 32.7 Å². The summed E-state index contributed by atoms with van der Waals surface area (Å²) in [5, 5.41) is 50.2. The first-order valence-electron chi connectivity index (χ1n) is 24.4. The molecule has 63 heavy (non-hydrogen) atoms. The van der Waals surface area contributed by atoms with Crippen molar-refractivity contribution in [2.45, 2.75) is 236 Å². The second-order valence-corrected chi connectivity index (χ2v) is 18.3. The van der Waals surface area contributed by atoms with Crippen LogP contribution in [0.15, 0.2) is 48.6 Å². The molecule has 6 N–H and O–H groups in total. The first-order chi connectivity index (χ1) is 30.4. The highest BCUT2D eigenvalue weighted by atomic mass is 31.2. The molecule has 14 heteroatoms. The summed E-state index contributed by atoms with van der Waals surface area (Å²) in [7, 11) is -5.13. The zero-order valence-electron chi connectivity index (χ0n) is 38.9. The number of hydrogen-bond acceptors (Lipinski definition) is 12. The number of unbranched alkanes of at least 4 members (excludes halogenated alkanes) is 20. The number of hydrogen-bond donors (Lipinski definition) is 6. The second-order valence-electron chi connectivity index (χ2n) is 16.9. The van der Waals surface area contributed by atoms with E-state index in [4.69, 9.17) is 18.5 Å². The van der Waals surface area contributed by atoms with Crippen molar-refractivity contribution in [2.75, 3.05) is 13.2 Å². The van der Waals surface area contributed by atoms with Crippen LogP contribution in [-0.4, -0.2) is 98.3 Å². The van der Waals surface area contributed by atoms with E-state index in [1.54, 1.807) is 0 Å². The van der Waals surface area contributed by atoms with Crippen molar-refractivity contribution in [3.8, 4) is 0 Å². The lowest BCUT2D eigenvalue weighted by Gasteiger charge is -2.41. The number of aliphatic hydroxyl groups excluding tert-OH is 5. The molecule has 366 valence electrons. The molecule has 0 aromatic rings. The summed E-state index contributed by atoms with van der Waals surface area (Å²) in [6, 6.07) is 0. The Morgan fingerprint density at radius 1 is 0.508 bits per heavy atom. The summed E-state index contributed by atoms with van der Waals surface area (Å²) in [6.45, 7) is 3.18. The Bertz CT molecular complexity index is 1290. The first kappa shape index (κ1) is 58.8. The van der Waals surface area contributed by atoms with E-state index >= 15 is 0 Å². The number of carbonyl (C=O) groups excluding carboxylic acids is 2. The van der Waals surface area contributed by atoms with Gasteiger partial charge in [-0.1, -0.05) is 159 Å². The monoisotopic (exact) mass is 915 g/mol. The Hall–Kier alpha value is -2.19. The molecule has 0 amide bonds. The van der Waals surface area contributed by atoms with Gasteiger partial charge in [-0.2, -0.15) is 0 Å². The van der Waals surface area contributed by atoms with E-state index < -0.39 is 75.7 Å². The number of esters is 2. The van der Waals surface area contributed by atoms with Crippen LogP contribution in [0.25, 0.3) is 0 Å². The van der Waals surface area contributed by atoms with Gasteiger partial charge in [0.15, 0.2) is 6.10 Å². The van der Waals surface area contributed by atoms with Crippen molar-refractivity contribution in [1.29, 1.82) is 0 Å². The molecule has 1 aliphatic carbocycles. The average molecular weight is 915 g/mol. The Labute approximate surface area is 380 Å². The van der Waals surface area contributed by atoms with Crippen molar-refractivity contribution in [3.63, 3.8) is 0 Å². The minimum atomic E-state index is -5.13. The van der Waals surface area contributed by atoms with Gasteiger partial charge in [0.05, 0.1) is 6.61 Å². The van der Waals surface area contributed by atoms with Crippen LogP contribution in [0.2, 0.25) is 0 Å². The molecule has 0 aliphatic heterocycles. The van der Waals surface area contributed by atoms with Crippen molar-refractivity contribution in [2.24, 2.45) is 0 Å². The highest BCUT2D eigenvalue weighted by Gasteiger charge is 2.51. The molecule has 0 aromatic carbocycles. The molecule has 0 radical (unpaired) electrons. The summed E-state index contributed by atoms with van der Waals surface area (Å²) in [6.07, 6.45) is 33.0. The van der Waals surface area contributed by atoms with Crippen LogP contribution in [0.3, 0.4) is 0 Å². The predicted molar refractivity (Wildman–Crippen MR) is 249 cm³/mol. The van der Waals surface area contributed by atoms with E-state index in [1.807, 2.05) is 0 Å². The molecule has 1 fully saturated rings. The minimum Gasteiger partial charge on any atom is -0.462 e. The Kier molecular flexibility index (Phi) is 36.4. The number of ether oxygens (including phenoxy) is 2. The van der Waals surface area contributed by atoms with Gasteiger partial charge in [0.1, 0.15) is 43.2 Å². The van der Waals surface area contributed by atoms with Crippen molar-refractivity contribution < 1.29 is 63.1 Å². The lowest BCUT2D eigenvalue weighted by molar-refractivity contribution is -0.220. The van der Waals surface area contributed by atoms with Gasteiger partial charge in [0, 0.05) is 12.8 Å². The number of rotatable bonds is 40. The maximum Gasteiger partial charge on any atom is 0.472 e. The molecule has 1 saturated carbocycles. The Morgan fingerprint density at radius 3 is 1.40 bits per heavy atom. The van der Waals surface area contributed by atoms with Crippen molar-refractivity contribution in [1.82, 2.24) is 0 Å². The van der Waals surface area contributed by atoms with Gasteiger partial charge in [0.2, 0.25) is 0 Å². The fourth-order valence-electron chi connectivity index (χ4n) is 7.24. The standard InChI is InChI=1S/C49H87O13P/c1-3-5-7-9-11-13-15-17-19-20-21-22-24-25-27-29-31-33-35-37-42(50)59-39-41(40-60-63(57,58)62-49-47(55)45(53)44(52)46(54)48(49)56)61-43(51)38-36-34-32-30-28-26-23-18-16-14-12-10-8-6-4-2/h6,8,12,14,17-19,23,41,44-49,52-56H,3-5,7,9-11,13,15-16,20-22,24-40H2,1-2H3,(H,57,58)/b8-6+,14-12+,19-17+,23-18+/t41-,44?,45-,46?,47?,48?,49?/m0/s1. The van der Waals surface area contributed by atoms with E-state index in [0.29, 0.717) is 12.8 Å². The van der Waals surface area contributed by atoms with Gasteiger partial charge in [-0.3, -0.25) is 18.6 Å². The molecule has 13 nitrogen and oxygen atoms in total. The molecular weight excluding hydrogens is 828 g/mol. The van der Waals surface area contributed by atoms with Gasteiger partial charge in [-0.15, -0.1) is 0 Å². The van der Waals surface area contributed by atoms with Gasteiger partial charge in [0.25, 0.3) is 0 Å². The molecule has 0 spiro atoms. The quantitative estimate of drug-likeness (QED) is 0.0147. The van der Waals surface area contributed by atoms with Gasteiger partial charge >= 0.3 is 19.8 Å². The molecular formula is C49H87O13P. The number of phosphoric acid groups is 1. The largest absolute Gasteiger partial charge is 0.472 e. The molecule has 1 aliphatic rings. The number of allylic oxidation sites excluding steroid dienone is 8. The van der Waals surface area contributed by atoms with Crippen molar-refractivity contribution >= 4 is 19.8 Å². The average Bonchev–Trinajstić information content (AvgIpc) is 3.26. The third-order valence-electron chi connectivity index (χ3n) is 11.2. The topological polar surface area (TPSA) is 210 Å². The summed E-state index contributed by atoms with van der Waals surface area (Å²) in [5.74, 6) is -1.12. The third-order valence-corrected chi connectivity index (χ3v) is 12.1. The third kappa shape index (κ3) is 31.4. The highest BCUT2D eigenvalue weighted by Crippen LogP contribution is 2.47. The Morgan fingerprint density at radius 2 is 0.905 bits per heavy atom. The summed E-state index contributed by atoms with van der Waals surface area (Å²) in [5.41, 5.74) is 0. The summed E-state index contributed by atoms with van der Waals surface area (Å²) >= 11 is 0. The van der Waals surface area contributed by atoms with Gasteiger partial charge in [-0.05, 0) is 70.6 Å². The van der Waals surface area contributed by atoms with Gasteiger partial charge in [-0.25, -0.2) is 4.57 Å². The fraction of sp³-hybridized carbons (Fsp3) is 0.796. The van der Waals surface area contributed by atoms with Gasteiger partial charge < -0.3 is 39.9 Å². The van der Waals surface area contributed by atoms with E-state index in [-0.39, 0.29) is 12.8 Å². The highest BCUT2D eigenvalue weighted by molar-refractivity contribution is 7.47. The molecule has 8 atom stereocenters. The van der Waals surface area contributed by atoms with Crippen LogP contribution < -0.4 is 0 Å². The Balaban J connectivity index is 2.42. The maximum absolute atomic E-state index is 12.8. The first-order valence-corrected chi connectivity index (χ1v) is 25.9. The molecule has 0 heterocycles. The minimum absolute atomic E-state index is 0.0761. The van der Waals surface area contributed by atoms with Crippen LogP contribution in [0, 0.1) is 0 Å². The summed E-state index contributed by atoms with van der Waals surface area (Å²) < 4.78 is 33.6. The number of phosphoric ester groups is 1. The van der Waals surface area contributed by atoms with Crippen molar-refractivity contribution in [3.05, 3.63) is 48.6 Å².